The number of hydrogen-bond acceptors (Lipinski definition) is 3. The van der Waals surface area contributed by atoms with Crippen molar-refractivity contribution in [2.24, 2.45) is 5.73 Å². The lowest BCUT2D eigenvalue weighted by molar-refractivity contribution is -0.142. The van der Waals surface area contributed by atoms with Gasteiger partial charge in [0.25, 0.3) is 0 Å². The number of fused-ring (bicyclic) bond motifs is 1. The van der Waals surface area contributed by atoms with Crippen LogP contribution in [-0.4, -0.2) is 18.1 Å². The fraction of sp³-hybridized carbons (Fsp3) is 0.250. The highest BCUT2D eigenvalue weighted by Gasteiger charge is 2.22. The molecule has 0 radical (unpaired) electrons. The second kappa shape index (κ2) is 5.21. The fourth-order valence-electron chi connectivity index (χ4n) is 1.94. The SMILES string of the molecule is COC(=O)[C@H](N)c1c(C)[nH]c2ccccc12.Cl. The van der Waals surface area contributed by atoms with Crippen LogP contribution in [0.25, 0.3) is 10.9 Å². The maximum Gasteiger partial charge on any atom is 0.327 e. The van der Waals surface area contributed by atoms with Crippen molar-refractivity contribution >= 4 is 29.3 Å². The van der Waals surface area contributed by atoms with Crippen LogP contribution in [-0.2, 0) is 9.53 Å². The number of esters is 1. The highest BCUT2D eigenvalue weighted by atomic mass is 35.5. The number of methoxy groups -OCH3 is 1. The number of ether oxygens (including phenoxy) is 1. The molecule has 1 aromatic heterocycles. The first kappa shape index (κ1) is 13.5. The molecule has 0 saturated carbocycles. The first-order chi connectivity index (χ1) is 7.65. The summed E-state index contributed by atoms with van der Waals surface area (Å²) >= 11 is 0. The van der Waals surface area contributed by atoms with Gasteiger partial charge in [0.1, 0.15) is 6.04 Å². The summed E-state index contributed by atoms with van der Waals surface area (Å²) in [6.45, 7) is 1.90. The van der Waals surface area contributed by atoms with Crippen molar-refractivity contribution in [1.82, 2.24) is 4.98 Å². The summed E-state index contributed by atoms with van der Waals surface area (Å²) in [4.78, 5) is 14.6. The Kier molecular flexibility index (Phi) is 4.15. The molecule has 3 N–H and O–H groups in total. The van der Waals surface area contributed by atoms with Crippen LogP contribution in [0.1, 0.15) is 17.3 Å². The van der Waals surface area contributed by atoms with E-state index >= 15 is 0 Å². The molecule has 0 amide bonds. The van der Waals surface area contributed by atoms with E-state index in [1.807, 2.05) is 31.2 Å². The van der Waals surface area contributed by atoms with E-state index in [1.54, 1.807) is 0 Å². The van der Waals surface area contributed by atoms with Crippen LogP contribution >= 0.6 is 12.4 Å². The molecule has 1 heterocycles. The van der Waals surface area contributed by atoms with Gasteiger partial charge in [-0.2, -0.15) is 0 Å². The molecule has 4 nitrogen and oxygen atoms in total. The number of nitrogens with two attached hydrogens (primary N) is 1. The van der Waals surface area contributed by atoms with Crippen LogP contribution in [0.15, 0.2) is 24.3 Å². The number of para-hydroxylation sites is 1. The van der Waals surface area contributed by atoms with Crippen molar-refractivity contribution in [2.75, 3.05) is 7.11 Å². The van der Waals surface area contributed by atoms with Crippen LogP contribution in [0.3, 0.4) is 0 Å². The Morgan fingerprint density at radius 2 is 2.06 bits per heavy atom. The topological polar surface area (TPSA) is 68.1 Å². The number of hydrogen-bond donors (Lipinski definition) is 2. The van der Waals surface area contributed by atoms with Gasteiger partial charge >= 0.3 is 5.97 Å². The van der Waals surface area contributed by atoms with Gasteiger partial charge in [0.15, 0.2) is 0 Å². The number of H-pyrrole nitrogens is 1. The summed E-state index contributed by atoms with van der Waals surface area (Å²) in [7, 11) is 1.34. The third-order valence-electron chi connectivity index (χ3n) is 2.71. The zero-order valence-corrected chi connectivity index (χ0v) is 10.5. The Morgan fingerprint density at radius 3 is 2.71 bits per heavy atom. The molecule has 92 valence electrons. The second-order valence-electron chi connectivity index (χ2n) is 3.71. The molecule has 0 fully saturated rings. The number of benzene rings is 1. The average molecular weight is 255 g/mol. The number of halogens is 1. The minimum absolute atomic E-state index is 0. The zero-order valence-electron chi connectivity index (χ0n) is 9.69. The van der Waals surface area contributed by atoms with E-state index in [1.165, 1.54) is 7.11 Å². The summed E-state index contributed by atoms with van der Waals surface area (Å²) in [5.41, 5.74) is 8.56. The molecular formula is C12H15ClN2O2. The van der Waals surface area contributed by atoms with Gasteiger partial charge in [0.2, 0.25) is 0 Å². The third-order valence-corrected chi connectivity index (χ3v) is 2.71. The number of aromatic amines is 1. The normalized spacial score (nSPS) is 11.9. The van der Waals surface area contributed by atoms with Crippen LogP contribution in [0, 0.1) is 6.92 Å². The predicted molar refractivity (Wildman–Crippen MR) is 69.2 cm³/mol. The Balaban J connectivity index is 0.00000144. The Bertz CT molecular complexity index is 536. The molecule has 5 heteroatoms. The second-order valence-corrected chi connectivity index (χ2v) is 3.71. The van der Waals surface area contributed by atoms with Gasteiger partial charge in [0, 0.05) is 22.2 Å². The molecular weight excluding hydrogens is 240 g/mol. The van der Waals surface area contributed by atoms with E-state index in [9.17, 15) is 4.79 Å². The van der Waals surface area contributed by atoms with Crippen LogP contribution in [0.2, 0.25) is 0 Å². The highest BCUT2D eigenvalue weighted by Crippen LogP contribution is 2.26. The van der Waals surface area contributed by atoms with E-state index < -0.39 is 12.0 Å². The standard InChI is InChI=1S/C12H14N2O2.ClH/c1-7-10(11(13)12(15)16-2)8-5-3-4-6-9(8)14-7;/h3-6,11,14H,13H2,1-2H3;1H/t11-;/m1./s1. The third kappa shape index (κ3) is 2.28. The Morgan fingerprint density at radius 1 is 1.41 bits per heavy atom. The lowest BCUT2D eigenvalue weighted by atomic mass is 10.0. The first-order valence-electron chi connectivity index (χ1n) is 5.05. The van der Waals surface area contributed by atoms with Crippen molar-refractivity contribution in [3.05, 3.63) is 35.5 Å². The minimum atomic E-state index is -0.735. The number of carbonyl (C=O) groups is 1. The van der Waals surface area contributed by atoms with E-state index in [-0.39, 0.29) is 12.4 Å². The van der Waals surface area contributed by atoms with Crippen molar-refractivity contribution in [3.63, 3.8) is 0 Å². The summed E-state index contributed by atoms with van der Waals surface area (Å²) in [6.07, 6.45) is 0. The van der Waals surface area contributed by atoms with Crippen molar-refractivity contribution in [3.8, 4) is 0 Å². The molecule has 0 spiro atoms. The maximum atomic E-state index is 11.4. The molecule has 0 bridgehead atoms. The average Bonchev–Trinajstić information content (AvgIpc) is 2.63. The lowest BCUT2D eigenvalue weighted by Crippen LogP contribution is -2.23. The van der Waals surface area contributed by atoms with Crippen LogP contribution in [0.4, 0.5) is 0 Å². The molecule has 0 unspecified atom stereocenters. The molecule has 0 aliphatic heterocycles. The monoisotopic (exact) mass is 254 g/mol. The van der Waals surface area contributed by atoms with Gasteiger partial charge in [-0.15, -0.1) is 12.4 Å². The number of rotatable bonds is 2. The summed E-state index contributed by atoms with van der Waals surface area (Å²) in [5.74, 6) is -0.423. The maximum absolute atomic E-state index is 11.4. The van der Waals surface area contributed by atoms with Crippen molar-refractivity contribution in [1.29, 1.82) is 0 Å². The predicted octanol–water partition coefficient (Wildman–Crippen LogP) is 2.07. The molecule has 1 atom stereocenters. The molecule has 2 aromatic rings. The minimum Gasteiger partial charge on any atom is -0.468 e. The number of aryl methyl sites for hydroxylation is 1. The Hall–Kier alpha value is -1.52. The first-order valence-corrected chi connectivity index (χ1v) is 5.05. The molecule has 0 aliphatic carbocycles. The van der Waals surface area contributed by atoms with Crippen LogP contribution in [0.5, 0.6) is 0 Å². The summed E-state index contributed by atoms with van der Waals surface area (Å²) in [6, 6.07) is 7.02. The molecule has 0 aliphatic rings. The number of aromatic nitrogens is 1. The van der Waals surface area contributed by atoms with E-state index in [2.05, 4.69) is 9.72 Å². The zero-order chi connectivity index (χ0) is 11.7. The van der Waals surface area contributed by atoms with Gasteiger partial charge in [-0.3, -0.25) is 4.79 Å². The lowest BCUT2D eigenvalue weighted by Gasteiger charge is -2.09. The quantitative estimate of drug-likeness (QED) is 0.807. The number of nitrogens with one attached hydrogen (secondary N) is 1. The Labute approximate surface area is 106 Å². The molecule has 17 heavy (non-hydrogen) atoms. The largest absolute Gasteiger partial charge is 0.468 e. The van der Waals surface area contributed by atoms with E-state index in [0.29, 0.717) is 0 Å². The molecule has 0 saturated heterocycles. The van der Waals surface area contributed by atoms with E-state index in [0.717, 1.165) is 22.2 Å². The van der Waals surface area contributed by atoms with Gasteiger partial charge in [-0.1, -0.05) is 18.2 Å². The van der Waals surface area contributed by atoms with E-state index in [4.69, 9.17) is 5.73 Å². The van der Waals surface area contributed by atoms with Gasteiger partial charge in [-0.05, 0) is 13.0 Å². The smallest absolute Gasteiger partial charge is 0.327 e. The molecule has 1 aromatic carbocycles. The number of carbonyl (C=O) groups excluding carboxylic acids is 1. The summed E-state index contributed by atoms with van der Waals surface area (Å²) < 4.78 is 4.66. The fourth-order valence-corrected chi connectivity index (χ4v) is 1.94. The highest BCUT2D eigenvalue weighted by molar-refractivity contribution is 5.90. The van der Waals surface area contributed by atoms with Crippen LogP contribution < -0.4 is 5.73 Å². The van der Waals surface area contributed by atoms with Gasteiger partial charge in [-0.25, -0.2) is 0 Å². The van der Waals surface area contributed by atoms with Gasteiger partial charge in [0.05, 0.1) is 7.11 Å². The summed E-state index contributed by atoms with van der Waals surface area (Å²) in [5, 5.41) is 0.970. The van der Waals surface area contributed by atoms with Crippen molar-refractivity contribution < 1.29 is 9.53 Å². The molecule has 2 rings (SSSR count). The van der Waals surface area contributed by atoms with Gasteiger partial charge < -0.3 is 15.5 Å². The van der Waals surface area contributed by atoms with Crippen molar-refractivity contribution in [2.45, 2.75) is 13.0 Å².